The van der Waals surface area contributed by atoms with E-state index in [0.717, 1.165) is 6.54 Å². The van der Waals surface area contributed by atoms with E-state index in [1.165, 1.54) is 5.56 Å². The fraction of sp³-hybridized carbons (Fsp3) is 0.533. The molecule has 1 aromatic carbocycles. The monoisotopic (exact) mass is 258 g/mol. The maximum absolute atomic E-state index is 9.23. The van der Waals surface area contributed by atoms with Crippen LogP contribution in [0.2, 0.25) is 0 Å². The van der Waals surface area contributed by atoms with Crippen LogP contribution in [0.25, 0.3) is 0 Å². The molecule has 4 heteroatoms. The maximum Gasteiger partial charge on any atom is 0.163 e. The van der Waals surface area contributed by atoms with Gasteiger partial charge in [0.05, 0.1) is 18.7 Å². The van der Waals surface area contributed by atoms with E-state index in [1.807, 2.05) is 32.0 Å². The van der Waals surface area contributed by atoms with Crippen molar-refractivity contribution < 1.29 is 9.47 Å². The normalized spacial score (nSPS) is 35.8. The van der Waals surface area contributed by atoms with Crippen LogP contribution in [0.15, 0.2) is 30.3 Å². The van der Waals surface area contributed by atoms with Crippen LogP contribution in [0.4, 0.5) is 0 Å². The third-order valence-electron chi connectivity index (χ3n) is 3.73. The van der Waals surface area contributed by atoms with E-state index in [2.05, 4.69) is 23.1 Å². The molecule has 0 radical (unpaired) electrons. The van der Waals surface area contributed by atoms with Crippen LogP contribution in [0.3, 0.4) is 0 Å². The molecule has 19 heavy (non-hydrogen) atoms. The average Bonchev–Trinajstić information content (AvgIpc) is 2.96. The van der Waals surface area contributed by atoms with Gasteiger partial charge >= 0.3 is 0 Å². The Morgan fingerprint density at radius 1 is 1.37 bits per heavy atom. The molecular formula is C15H18N2O2. The Bertz CT molecular complexity index is 495. The summed E-state index contributed by atoms with van der Waals surface area (Å²) < 4.78 is 11.4. The van der Waals surface area contributed by atoms with Crippen LogP contribution in [-0.4, -0.2) is 35.5 Å². The van der Waals surface area contributed by atoms with E-state index >= 15 is 0 Å². The third kappa shape index (κ3) is 2.50. The van der Waals surface area contributed by atoms with Gasteiger partial charge in [0.1, 0.15) is 12.1 Å². The van der Waals surface area contributed by atoms with Gasteiger partial charge in [-0.15, -0.1) is 0 Å². The average molecular weight is 258 g/mol. The summed E-state index contributed by atoms with van der Waals surface area (Å²) in [6.07, 6.45) is 0.00311. The van der Waals surface area contributed by atoms with Gasteiger partial charge in [0, 0.05) is 6.54 Å². The van der Waals surface area contributed by atoms with Crippen LogP contribution in [0.5, 0.6) is 0 Å². The zero-order valence-corrected chi connectivity index (χ0v) is 11.2. The molecule has 0 N–H and O–H groups in total. The van der Waals surface area contributed by atoms with E-state index in [0.29, 0.717) is 6.61 Å². The topological polar surface area (TPSA) is 45.3 Å². The van der Waals surface area contributed by atoms with Crippen molar-refractivity contribution in [3.63, 3.8) is 0 Å². The highest BCUT2D eigenvalue weighted by Gasteiger charge is 2.56. The molecule has 0 bridgehead atoms. The first-order valence-electron chi connectivity index (χ1n) is 6.62. The van der Waals surface area contributed by atoms with E-state index < -0.39 is 5.79 Å². The predicted octanol–water partition coefficient (Wildman–Crippen LogP) is 1.91. The number of hydrogen-bond donors (Lipinski definition) is 0. The molecule has 0 spiro atoms. The van der Waals surface area contributed by atoms with E-state index in [9.17, 15) is 5.26 Å². The molecule has 4 nitrogen and oxygen atoms in total. The Balaban J connectivity index is 1.66. The minimum atomic E-state index is -0.522. The molecule has 0 aliphatic carbocycles. The summed E-state index contributed by atoms with van der Waals surface area (Å²) >= 11 is 0. The Morgan fingerprint density at radius 3 is 2.68 bits per heavy atom. The number of nitrogens with zero attached hydrogens (tertiary/aromatic N) is 2. The summed E-state index contributed by atoms with van der Waals surface area (Å²) in [6, 6.07) is 12.7. The van der Waals surface area contributed by atoms with Crippen molar-refractivity contribution in [1.82, 2.24) is 4.90 Å². The highest BCUT2D eigenvalue weighted by Crippen LogP contribution is 2.38. The molecule has 2 saturated heterocycles. The van der Waals surface area contributed by atoms with Gasteiger partial charge in [0.25, 0.3) is 0 Å². The SMILES string of the molecule is CC1(C)OC[C@H]([C@H]2[C@H](C#N)N2Cc2ccccc2)O1. The van der Waals surface area contributed by atoms with Crippen LogP contribution in [-0.2, 0) is 16.0 Å². The largest absolute Gasteiger partial charge is 0.348 e. The van der Waals surface area contributed by atoms with Crippen molar-refractivity contribution >= 4 is 0 Å². The van der Waals surface area contributed by atoms with Crippen LogP contribution in [0, 0.1) is 11.3 Å². The molecule has 2 heterocycles. The summed E-state index contributed by atoms with van der Waals surface area (Å²) in [4.78, 5) is 2.17. The van der Waals surface area contributed by atoms with Crippen molar-refractivity contribution in [3.8, 4) is 6.07 Å². The Labute approximate surface area is 113 Å². The quantitative estimate of drug-likeness (QED) is 0.777. The minimum Gasteiger partial charge on any atom is -0.348 e. The summed E-state index contributed by atoms with van der Waals surface area (Å²) in [6.45, 7) is 5.20. The van der Waals surface area contributed by atoms with Gasteiger partial charge in [0.2, 0.25) is 0 Å². The van der Waals surface area contributed by atoms with Crippen molar-refractivity contribution in [2.75, 3.05) is 6.61 Å². The number of ether oxygens (including phenoxy) is 2. The predicted molar refractivity (Wildman–Crippen MR) is 70.1 cm³/mol. The van der Waals surface area contributed by atoms with Gasteiger partial charge in [-0.2, -0.15) is 5.26 Å². The lowest BCUT2D eigenvalue weighted by atomic mass is 10.2. The molecule has 1 unspecified atom stereocenters. The maximum atomic E-state index is 9.23. The van der Waals surface area contributed by atoms with Crippen LogP contribution < -0.4 is 0 Å². The summed E-state index contributed by atoms with van der Waals surface area (Å²) in [5.41, 5.74) is 1.23. The fourth-order valence-electron chi connectivity index (χ4n) is 2.75. The number of hydrogen-bond acceptors (Lipinski definition) is 4. The smallest absolute Gasteiger partial charge is 0.163 e. The standard InChI is InChI=1S/C15H18N2O2/c1-15(2)18-10-13(19-15)14-12(8-16)17(14)9-11-6-4-3-5-7-11/h3-7,12-14H,9-10H2,1-2H3/t12-,13+,14+,17?/m0/s1. The summed E-state index contributed by atoms with van der Waals surface area (Å²) in [5, 5.41) is 9.23. The van der Waals surface area contributed by atoms with E-state index in [4.69, 9.17) is 9.47 Å². The molecule has 2 fully saturated rings. The molecule has 3 rings (SSSR count). The molecule has 100 valence electrons. The Hall–Kier alpha value is -1.41. The molecule has 0 saturated carbocycles. The molecule has 1 aromatic rings. The number of benzene rings is 1. The van der Waals surface area contributed by atoms with Gasteiger partial charge in [-0.1, -0.05) is 30.3 Å². The van der Waals surface area contributed by atoms with Gasteiger partial charge < -0.3 is 9.47 Å². The lowest BCUT2D eigenvalue weighted by Gasteiger charge is -2.17. The first-order chi connectivity index (χ1) is 9.11. The fourth-order valence-corrected chi connectivity index (χ4v) is 2.75. The van der Waals surface area contributed by atoms with Crippen molar-refractivity contribution in [3.05, 3.63) is 35.9 Å². The molecule has 0 aromatic heterocycles. The summed E-state index contributed by atoms with van der Waals surface area (Å²) in [5.74, 6) is -0.522. The zero-order valence-electron chi connectivity index (χ0n) is 11.2. The molecule has 4 atom stereocenters. The second-order valence-corrected chi connectivity index (χ2v) is 5.59. The summed E-state index contributed by atoms with van der Waals surface area (Å²) in [7, 11) is 0. The van der Waals surface area contributed by atoms with Crippen molar-refractivity contribution in [1.29, 1.82) is 5.26 Å². The second kappa shape index (κ2) is 4.61. The lowest BCUT2D eigenvalue weighted by Crippen LogP contribution is -2.26. The van der Waals surface area contributed by atoms with E-state index in [-0.39, 0.29) is 18.2 Å². The third-order valence-corrected chi connectivity index (χ3v) is 3.73. The Morgan fingerprint density at radius 2 is 2.11 bits per heavy atom. The van der Waals surface area contributed by atoms with Crippen LogP contribution in [0.1, 0.15) is 19.4 Å². The minimum absolute atomic E-state index is 0.00311. The molecule has 2 aliphatic rings. The molecular weight excluding hydrogens is 240 g/mol. The van der Waals surface area contributed by atoms with E-state index in [1.54, 1.807) is 0 Å². The number of rotatable bonds is 3. The van der Waals surface area contributed by atoms with Gasteiger partial charge in [-0.3, -0.25) is 4.90 Å². The van der Waals surface area contributed by atoms with Gasteiger partial charge in [-0.25, -0.2) is 0 Å². The van der Waals surface area contributed by atoms with Gasteiger partial charge in [0.15, 0.2) is 5.79 Å². The lowest BCUT2D eigenvalue weighted by molar-refractivity contribution is -0.139. The second-order valence-electron chi connectivity index (χ2n) is 5.59. The van der Waals surface area contributed by atoms with Crippen LogP contribution >= 0.6 is 0 Å². The van der Waals surface area contributed by atoms with Crippen molar-refractivity contribution in [2.24, 2.45) is 0 Å². The highest BCUT2D eigenvalue weighted by molar-refractivity contribution is 5.23. The molecule has 0 amide bonds. The van der Waals surface area contributed by atoms with Gasteiger partial charge in [-0.05, 0) is 19.4 Å². The highest BCUT2D eigenvalue weighted by atomic mass is 16.7. The number of nitriles is 1. The molecule has 2 aliphatic heterocycles. The first-order valence-corrected chi connectivity index (χ1v) is 6.62. The first kappa shape index (κ1) is 12.6. The Kier molecular flexibility index (Phi) is 3.06. The zero-order chi connectivity index (χ0) is 13.5. The van der Waals surface area contributed by atoms with Crippen molar-refractivity contribution in [2.45, 2.75) is 44.4 Å².